The standard InChI is InChI=1S/C20H23ClN2O4/c1-11(2)15-10-16(12(3)8-19(15)27-5)13(4)22-20(24)17-9-14(23(25)26)6-7-18(17)21/h6-11,13H,1-5H3,(H,22,24). The van der Waals surface area contributed by atoms with Crippen molar-refractivity contribution in [1.29, 1.82) is 0 Å². The van der Waals surface area contributed by atoms with Gasteiger partial charge in [0.25, 0.3) is 11.6 Å². The first-order valence-electron chi connectivity index (χ1n) is 8.59. The topological polar surface area (TPSA) is 81.5 Å². The van der Waals surface area contributed by atoms with E-state index in [1.165, 1.54) is 18.2 Å². The normalized spacial score (nSPS) is 12.0. The number of ether oxygens (including phenoxy) is 1. The molecule has 0 fully saturated rings. The number of aryl methyl sites for hydroxylation is 1. The van der Waals surface area contributed by atoms with Crippen molar-refractivity contribution < 1.29 is 14.5 Å². The van der Waals surface area contributed by atoms with E-state index >= 15 is 0 Å². The second-order valence-electron chi connectivity index (χ2n) is 6.72. The Hall–Kier alpha value is -2.60. The Balaban J connectivity index is 2.33. The van der Waals surface area contributed by atoms with Crippen LogP contribution in [0.2, 0.25) is 5.02 Å². The third kappa shape index (κ3) is 4.57. The quantitative estimate of drug-likeness (QED) is 0.544. The van der Waals surface area contributed by atoms with Crippen molar-refractivity contribution in [3.8, 4) is 5.75 Å². The van der Waals surface area contributed by atoms with E-state index in [0.29, 0.717) is 0 Å². The van der Waals surface area contributed by atoms with E-state index in [2.05, 4.69) is 19.2 Å². The Morgan fingerprint density at radius 3 is 2.41 bits per heavy atom. The van der Waals surface area contributed by atoms with Gasteiger partial charge in [0.05, 0.1) is 28.7 Å². The predicted molar refractivity (Wildman–Crippen MR) is 106 cm³/mol. The van der Waals surface area contributed by atoms with Crippen LogP contribution in [0.4, 0.5) is 5.69 Å². The summed E-state index contributed by atoms with van der Waals surface area (Å²) in [6.45, 7) is 7.96. The molecule has 0 aliphatic rings. The van der Waals surface area contributed by atoms with Crippen LogP contribution in [0.25, 0.3) is 0 Å². The van der Waals surface area contributed by atoms with Crippen molar-refractivity contribution in [2.45, 2.75) is 39.7 Å². The summed E-state index contributed by atoms with van der Waals surface area (Å²) in [6.07, 6.45) is 0. The average Bonchev–Trinajstić information content (AvgIpc) is 2.60. The van der Waals surface area contributed by atoms with Crippen molar-refractivity contribution in [2.75, 3.05) is 7.11 Å². The van der Waals surface area contributed by atoms with Crippen molar-refractivity contribution >= 4 is 23.2 Å². The van der Waals surface area contributed by atoms with Crippen LogP contribution in [0, 0.1) is 17.0 Å². The molecule has 1 N–H and O–H groups in total. The van der Waals surface area contributed by atoms with Gasteiger partial charge in [-0.1, -0.05) is 25.4 Å². The SMILES string of the molecule is COc1cc(C)c(C(C)NC(=O)c2cc([N+](=O)[O-])ccc2Cl)cc1C(C)C. The Morgan fingerprint density at radius 2 is 1.85 bits per heavy atom. The molecule has 1 amide bonds. The van der Waals surface area contributed by atoms with E-state index in [1.54, 1.807) is 7.11 Å². The van der Waals surface area contributed by atoms with Gasteiger partial charge in [0.2, 0.25) is 0 Å². The molecule has 1 unspecified atom stereocenters. The minimum atomic E-state index is -0.556. The second kappa shape index (κ2) is 8.39. The fourth-order valence-electron chi connectivity index (χ4n) is 2.96. The number of hydrogen-bond donors (Lipinski definition) is 1. The van der Waals surface area contributed by atoms with Crippen LogP contribution >= 0.6 is 11.6 Å². The number of nitrogens with one attached hydrogen (secondary N) is 1. The first-order chi connectivity index (χ1) is 12.6. The van der Waals surface area contributed by atoms with Gasteiger partial charge in [0.1, 0.15) is 5.75 Å². The zero-order valence-electron chi connectivity index (χ0n) is 16.0. The second-order valence-corrected chi connectivity index (χ2v) is 7.13. The monoisotopic (exact) mass is 390 g/mol. The molecule has 0 aliphatic heterocycles. The summed E-state index contributed by atoms with van der Waals surface area (Å²) < 4.78 is 5.46. The van der Waals surface area contributed by atoms with Gasteiger partial charge in [-0.2, -0.15) is 0 Å². The molecular weight excluding hydrogens is 368 g/mol. The number of nitrogens with zero attached hydrogens (tertiary/aromatic N) is 1. The highest BCUT2D eigenvalue weighted by molar-refractivity contribution is 6.34. The minimum absolute atomic E-state index is 0.0768. The molecule has 7 heteroatoms. The molecule has 0 bridgehead atoms. The van der Waals surface area contributed by atoms with Crippen LogP contribution < -0.4 is 10.1 Å². The molecule has 0 spiro atoms. The van der Waals surface area contributed by atoms with Gasteiger partial charge in [-0.3, -0.25) is 14.9 Å². The molecule has 2 rings (SSSR count). The first-order valence-corrected chi connectivity index (χ1v) is 8.96. The number of benzene rings is 2. The van der Waals surface area contributed by atoms with Crippen LogP contribution in [0.15, 0.2) is 30.3 Å². The van der Waals surface area contributed by atoms with E-state index < -0.39 is 10.8 Å². The molecule has 2 aromatic carbocycles. The molecule has 6 nitrogen and oxygen atoms in total. The zero-order valence-corrected chi connectivity index (χ0v) is 16.8. The van der Waals surface area contributed by atoms with E-state index in [9.17, 15) is 14.9 Å². The number of methoxy groups -OCH3 is 1. The van der Waals surface area contributed by atoms with Gasteiger partial charge in [-0.25, -0.2) is 0 Å². The van der Waals surface area contributed by atoms with Gasteiger partial charge in [0, 0.05) is 12.1 Å². The lowest BCUT2D eigenvalue weighted by molar-refractivity contribution is -0.384. The summed E-state index contributed by atoms with van der Waals surface area (Å²) in [7, 11) is 1.63. The number of rotatable bonds is 6. The number of non-ortho nitro benzene ring substituents is 1. The van der Waals surface area contributed by atoms with Crippen LogP contribution in [0.5, 0.6) is 5.75 Å². The summed E-state index contributed by atoms with van der Waals surface area (Å²) in [5.74, 6) is 0.609. The number of nitro benzene ring substituents is 1. The summed E-state index contributed by atoms with van der Waals surface area (Å²) in [6, 6.07) is 7.48. The van der Waals surface area contributed by atoms with E-state index in [4.69, 9.17) is 16.3 Å². The highest BCUT2D eigenvalue weighted by Gasteiger charge is 2.20. The molecule has 144 valence electrons. The smallest absolute Gasteiger partial charge is 0.270 e. The van der Waals surface area contributed by atoms with Gasteiger partial charge >= 0.3 is 0 Å². The zero-order chi connectivity index (χ0) is 20.3. The lowest BCUT2D eigenvalue weighted by Gasteiger charge is -2.21. The van der Waals surface area contributed by atoms with Crippen LogP contribution in [-0.4, -0.2) is 17.9 Å². The van der Waals surface area contributed by atoms with Crippen molar-refractivity contribution in [3.05, 3.63) is 67.7 Å². The molecule has 2 aromatic rings. The number of carbonyl (C=O) groups excluding carboxylic acids is 1. The molecule has 0 saturated carbocycles. The Bertz CT molecular complexity index is 881. The Kier molecular flexibility index (Phi) is 6.44. The van der Waals surface area contributed by atoms with Crippen molar-refractivity contribution in [3.63, 3.8) is 0 Å². The molecule has 0 aliphatic carbocycles. The number of halogens is 1. The summed E-state index contributed by atoms with van der Waals surface area (Å²) in [5, 5.41) is 14.0. The van der Waals surface area contributed by atoms with E-state index in [-0.39, 0.29) is 28.2 Å². The van der Waals surface area contributed by atoms with Gasteiger partial charge in [-0.15, -0.1) is 0 Å². The van der Waals surface area contributed by atoms with Crippen molar-refractivity contribution in [2.24, 2.45) is 0 Å². The number of carbonyl (C=O) groups is 1. The molecule has 1 atom stereocenters. The van der Waals surface area contributed by atoms with Crippen LogP contribution in [0.1, 0.15) is 59.8 Å². The molecule has 0 radical (unpaired) electrons. The highest BCUT2D eigenvalue weighted by Crippen LogP contribution is 2.32. The minimum Gasteiger partial charge on any atom is -0.496 e. The maximum Gasteiger partial charge on any atom is 0.270 e. The Labute approximate surface area is 163 Å². The number of amides is 1. The lowest BCUT2D eigenvalue weighted by Crippen LogP contribution is -2.27. The van der Waals surface area contributed by atoms with Gasteiger partial charge in [0.15, 0.2) is 0 Å². The fourth-order valence-corrected chi connectivity index (χ4v) is 3.17. The molecule has 0 saturated heterocycles. The maximum atomic E-state index is 12.6. The van der Waals surface area contributed by atoms with Gasteiger partial charge < -0.3 is 10.1 Å². The summed E-state index contributed by atoms with van der Waals surface area (Å²) in [4.78, 5) is 23.0. The molecule has 0 aromatic heterocycles. The molecule has 0 heterocycles. The third-order valence-corrected chi connectivity index (χ3v) is 4.79. The average molecular weight is 391 g/mol. The van der Waals surface area contributed by atoms with Crippen molar-refractivity contribution in [1.82, 2.24) is 5.32 Å². The fraction of sp³-hybridized carbons (Fsp3) is 0.350. The largest absolute Gasteiger partial charge is 0.496 e. The number of nitro groups is 1. The molecule has 27 heavy (non-hydrogen) atoms. The summed E-state index contributed by atoms with van der Waals surface area (Å²) >= 11 is 6.06. The van der Waals surface area contributed by atoms with E-state index in [1.807, 2.05) is 26.0 Å². The summed E-state index contributed by atoms with van der Waals surface area (Å²) in [5.41, 5.74) is 2.88. The highest BCUT2D eigenvalue weighted by atomic mass is 35.5. The van der Waals surface area contributed by atoms with Crippen LogP contribution in [-0.2, 0) is 0 Å². The molecular formula is C20H23ClN2O4. The first kappa shape index (κ1) is 20.7. The predicted octanol–water partition coefficient (Wildman–Crippen LogP) is 5.18. The Morgan fingerprint density at radius 1 is 1.19 bits per heavy atom. The maximum absolute atomic E-state index is 12.6. The number of hydrogen-bond acceptors (Lipinski definition) is 4. The van der Waals surface area contributed by atoms with E-state index in [0.717, 1.165) is 22.4 Å². The van der Waals surface area contributed by atoms with Crippen LogP contribution in [0.3, 0.4) is 0 Å². The van der Waals surface area contributed by atoms with Gasteiger partial charge in [-0.05, 0) is 54.7 Å². The third-order valence-electron chi connectivity index (χ3n) is 4.46. The lowest BCUT2D eigenvalue weighted by atomic mass is 9.93.